The van der Waals surface area contributed by atoms with Crippen molar-refractivity contribution in [2.75, 3.05) is 0 Å². The lowest BCUT2D eigenvalue weighted by atomic mass is 10.1. The van der Waals surface area contributed by atoms with Crippen LogP contribution < -0.4 is 0 Å². The van der Waals surface area contributed by atoms with Gasteiger partial charge in [-0.15, -0.1) is 0 Å². The average Bonchev–Trinajstić information content (AvgIpc) is 2.44. The highest BCUT2D eigenvalue weighted by Crippen LogP contribution is 2.09. The van der Waals surface area contributed by atoms with Gasteiger partial charge in [-0.3, -0.25) is 4.79 Å². The maximum Gasteiger partial charge on any atom is 0.305 e. The Morgan fingerprint density at radius 1 is 0.955 bits per heavy atom. The number of carboxylic acids is 1. The van der Waals surface area contributed by atoms with Gasteiger partial charge in [0.15, 0.2) is 0 Å². The molecule has 128 valence electrons. The minimum absolute atomic E-state index is 0.154. The Morgan fingerprint density at radius 3 is 2.36 bits per heavy atom. The lowest BCUT2D eigenvalue weighted by Gasteiger charge is -2.06. The third-order valence-corrected chi connectivity index (χ3v) is 3.45. The fraction of sp³-hybridized carbons (Fsp3) is 0.722. The first-order valence-electron chi connectivity index (χ1n) is 8.44. The Labute approximate surface area is 134 Å². The summed E-state index contributed by atoms with van der Waals surface area (Å²) in [5, 5.41) is 27.4. The molecule has 0 amide bonds. The fourth-order valence-electron chi connectivity index (χ4n) is 2.22. The van der Waals surface area contributed by atoms with Crippen molar-refractivity contribution in [3.05, 3.63) is 24.3 Å². The van der Waals surface area contributed by atoms with E-state index in [4.69, 9.17) is 5.11 Å². The van der Waals surface area contributed by atoms with E-state index < -0.39 is 12.1 Å². The van der Waals surface area contributed by atoms with Crippen LogP contribution in [-0.2, 0) is 4.79 Å². The van der Waals surface area contributed by atoms with E-state index in [1.54, 1.807) is 0 Å². The van der Waals surface area contributed by atoms with Crippen molar-refractivity contribution < 1.29 is 20.1 Å². The van der Waals surface area contributed by atoms with Gasteiger partial charge in [0.25, 0.3) is 0 Å². The highest BCUT2D eigenvalue weighted by molar-refractivity contribution is 5.67. The van der Waals surface area contributed by atoms with Gasteiger partial charge in [-0.2, -0.15) is 0 Å². The third-order valence-electron chi connectivity index (χ3n) is 3.45. The SMILES string of the molecule is CCC[C@@H](O)C/C=C\C/C=C\CCCCC[C@@H](O)CC(=O)O. The first-order valence-corrected chi connectivity index (χ1v) is 8.44. The van der Waals surface area contributed by atoms with Crippen LogP contribution in [0.3, 0.4) is 0 Å². The topological polar surface area (TPSA) is 77.8 Å². The minimum atomic E-state index is -0.939. The normalized spacial score (nSPS) is 14.7. The highest BCUT2D eigenvalue weighted by atomic mass is 16.4. The maximum absolute atomic E-state index is 10.4. The van der Waals surface area contributed by atoms with Gasteiger partial charge in [-0.1, -0.05) is 50.5 Å². The van der Waals surface area contributed by atoms with E-state index in [0.717, 1.165) is 51.4 Å². The average molecular weight is 312 g/mol. The van der Waals surface area contributed by atoms with Gasteiger partial charge in [0.2, 0.25) is 0 Å². The number of allylic oxidation sites excluding steroid dienone is 3. The van der Waals surface area contributed by atoms with Crippen molar-refractivity contribution in [2.45, 2.75) is 83.3 Å². The second-order valence-electron chi connectivity index (χ2n) is 5.75. The molecule has 0 heterocycles. The molecule has 3 N–H and O–H groups in total. The number of aliphatic carboxylic acids is 1. The van der Waals surface area contributed by atoms with Crippen LogP contribution in [-0.4, -0.2) is 33.5 Å². The molecule has 0 aliphatic heterocycles. The Morgan fingerprint density at radius 2 is 1.68 bits per heavy atom. The number of aliphatic hydroxyl groups excluding tert-OH is 2. The molecule has 4 heteroatoms. The Kier molecular flexibility index (Phi) is 14.0. The summed E-state index contributed by atoms with van der Waals surface area (Å²) in [7, 11) is 0. The minimum Gasteiger partial charge on any atom is -0.481 e. The van der Waals surface area contributed by atoms with Crippen LogP contribution in [0.25, 0.3) is 0 Å². The molecular weight excluding hydrogens is 280 g/mol. The molecule has 4 nitrogen and oxygen atoms in total. The summed E-state index contributed by atoms with van der Waals surface area (Å²) in [4.78, 5) is 10.4. The summed E-state index contributed by atoms with van der Waals surface area (Å²) in [6.45, 7) is 2.07. The van der Waals surface area contributed by atoms with Crippen molar-refractivity contribution in [1.82, 2.24) is 0 Å². The number of carbonyl (C=O) groups is 1. The predicted molar refractivity (Wildman–Crippen MR) is 89.8 cm³/mol. The molecule has 0 aromatic heterocycles. The number of unbranched alkanes of at least 4 members (excludes halogenated alkanes) is 3. The van der Waals surface area contributed by atoms with E-state index in [1.165, 1.54) is 0 Å². The van der Waals surface area contributed by atoms with E-state index in [2.05, 4.69) is 25.2 Å². The van der Waals surface area contributed by atoms with Crippen LogP contribution in [0.15, 0.2) is 24.3 Å². The Hall–Kier alpha value is -1.13. The van der Waals surface area contributed by atoms with E-state index in [0.29, 0.717) is 6.42 Å². The lowest BCUT2D eigenvalue weighted by molar-refractivity contribution is -0.139. The molecular formula is C18H32O4. The van der Waals surface area contributed by atoms with E-state index in [-0.39, 0.29) is 12.5 Å². The largest absolute Gasteiger partial charge is 0.481 e. The summed E-state index contributed by atoms with van der Waals surface area (Å²) in [6.07, 6.45) is 15.4. The molecule has 22 heavy (non-hydrogen) atoms. The molecule has 0 aliphatic rings. The summed E-state index contributed by atoms with van der Waals surface area (Å²) in [5.74, 6) is -0.939. The molecule has 0 saturated carbocycles. The van der Waals surface area contributed by atoms with Crippen LogP contribution >= 0.6 is 0 Å². The molecule has 0 unspecified atom stereocenters. The second kappa shape index (κ2) is 14.8. The third kappa shape index (κ3) is 15.3. The van der Waals surface area contributed by atoms with Gasteiger partial charge in [-0.05, 0) is 38.5 Å². The number of hydrogen-bond donors (Lipinski definition) is 3. The van der Waals surface area contributed by atoms with Gasteiger partial charge < -0.3 is 15.3 Å². The molecule has 0 spiro atoms. The smallest absolute Gasteiger partial charge is 0.305 e. The van der Waals surface area contributed by atoms with Crippen LogP contribution in [0.4, 0.5) is 0 Å². The van der Waals surface area contributed by atoms with Gasteiger partial charge in [0.05, 0.1) is 18.6 Å². The fourth-order valence-corrected chi connectivity index (χ4v) is 2.22. The Bertz CT molecular complexity index is 323. The summed E-state index contributed by atoms with van der Waals surface area (Å²) in [5.41, 5.74) is 0. The zero-order valence-electron chi connectivity index (χ0n) is 13.8. The van der Waals surface area contributed by atoms with Crippen LogP contribution in [0.2, 0.25) is 0 Å². The number of aliphatic hydroxyl groups is 2. The Balaban J connectivity index is 3.41. The molecule has 0 aromatic rings. The summed E-state index contributed by atoms with van der Waals surface area (Å²) in [6, 6.07) is 0. The molecule has 0 bridgehead atoms. The molecule has 0 radical (unpaired) electrons. The first-order chi connectivity index (χ1) is 10.6. The van der Waals surface area contributed by atoms with Gasteiger partial charge in [0, 0.05) is 0 Å². The number of rotatable bonds is 14. The van der Waals surface area contributed by atoms with Crippen molar-refractivity contribution in [1.29, 1.82) is 0 Å². The lowest BCUT2D eigenvalue weighted by Crippen LogP contribution is -2.12. The zero-order chi connectivity index (χ0) is 16.6. The van der Waals surface area contributed by atoms with Crippen molar-refractivity contribution in [3.63, 3.8) is 0 Å². The predicted octanol–water partition coefficient (Wildman–Crippen LogP) is 3.83. The second-order valence-corrected chi connectivity index (χ2v) is 5.75. The maximum atomic E-state index is 10.4. The number of hydrogen-bond acceptors (Lipinski definition) is 3. The van der Waals surface area contributed by atoms with Gasteiger partial charge in [0.1, 0.15) is 0 Å². The van der Waals surface area contributed by atoms with Crippen LogP contribution in [0.5, 0.6) is 0 Å². The standard InChI is InChI=1S/C18H32O4/c1-2-12-16(19)13-10-8-6-4-3-5-7-9-11-14-17(20)15-18(21)22/h3-4,8,10,16-17,19-20H,2,5-7,9,11-15H2,1H3,(H,21,22)/b4-3-,10-8-/t16-,17-/m1/s1. The zero-order valence-corrected chi connectivity index (χ0v) is 13.8. The monoisotopic (exact) mass is 312 g/mol. The highest BCUT2D eigenvalue weighted by Gasteiger charge is 2.08. The van der Waals surface area contributed by atoms with Crippen molar-refractivity contribution in [3.8, 4) is 0 Å². The molecule has 0 aliphatic carbocycles. The quantitative estimate of drug-likeness (QED) is 0.336. The van der Waals surface area contributed by atoms with E-state index >= 15 is 0 Å². The summed E-state index contributed by atoms with van der Waals surface area (Å²) >= 11 is 0. The van der Waals surface area contributed by atoms with Crippen molar-refractivity contribution >= 4 is 5.97 Å². The summed E-state index contributed by atoms with van der Waals surface area (Å²) < 4.78 is 0. The molecule has 2 atom stereocenters. The van der Waals surface area contributed by atoms with E-state index in [9.17, 15) is 15.0 Å². The van der Waals surface area contributed by atoms with Crippen LogP contribution in [0.1, 0.15) is 71.1 Å². The molecule has 0 rings (SSSR count). The molecule has 0 fully saturated rings. The van der Waals surface area contributed by atoms with Gasteiger partial charge >= 0.3 is 5.97 Å². The van der Waals surface area contributed by atoms with E-state index in [1.807, 2.05) is 6.08 Å². The van der Waals surface area contributed by atoms with Gasteiger partial charge in [-0.25, -0.2) is 0 Å². The van der Waals surface area contributed by atoms with Crippen LogP contribution in [0, 0.1) is 0 Å². The van der Waals surface area contributed by atoms with Crippen molar-refractivity contribution in [2.24, 2.45) is 0 Å². The molecule has 0 saturated heterocycles. The molecule has 0 aromatic carbocycles. The first kappa shape index (κ1) is 20.9. The number of carboxylic acid groups (broad SMARTS) is 1.